The van der Waals surface area contributed by atoms with E-state index < -0.39 is 23.6 Å². The van der Waals surface area contributed by atoms with Crippen molar-refractivity contribution in [2.24, 2.45) is 5.92 Å². The number of benzene rings is 2. The molecule has 0 saturated heterocycles. The van der Waals surface area contributed by atoms with Gasteiger partial charge in [0, 0.05) is 18.7 Å². The van der Waals surface area contributed by atoms with Gasteiger partial charge in [-0.1, -0.05) is 36.4 Å². The van der Waals surface area contributed by atoms with Gasteiger partial charge >= 0.3 is 12.1 Å². The predicted octanol–water partition coefficient (Wildman–Crippen LogP) is 5.19. The zero-order valence-corrected chi connectivity index (χ0v) is 20.6. The van der Waals surface area contributed by atoms with Crippen molar-refractivity contribution in [3.05, 3.63) is 71.8 Å². The van der Waals surface area contributed by atoms with E-state index in [-0.39, 0.29) is 0 Å². The Hall–Kier alpha value is -3.61. The van der Waals surface area contributed by atoms with Gasteiger partial charge in [-0.2, -0.15) is 0 Å². The standard InChI is InChI=1S/C28H33N3O4/c1-28(2,3)35-27(34)29-15-7-10-22(26(32)33)17-23-25-14-12-21-16-20(19-8-5-4-6-9-19)11-13-24(21)31(25)18-30-23/h4-6,8-9,11,13,16,18,22H,7,10,12,14-15,17H2,1-3H3,(H,29,34)(H,32,33). The number of hydrogen-bond donors (Lipinski definition) is 2. The number of carboxylic acids is 1. The van der Waals surface area contributed by atoms with Crippen LogP contribution in [0.3, 0.4) is 0 Å². The molecule has 0 bridgehead atoms. The lowest BCUT2D eigenvalue weighted by Gasteiger charge is -2.21. The number of nitrogens with one attached hydrogen (secondary N) is 1. The van der Waals surface area contributed by atoms with Gasteiger partial charge in [0.05, 0.1) is 23.6 Å². The summed E-state index contributed by atoms with van der Waals surface area (Å²) in [7, 11) is 0. The van der Waals surface area contributed by atoms with Crippen molar-refractivity contribution >= 4 is 12.1 Å². The number of rotatable bonds is 8. The Morgan fingerprint density at radius 3 is 2.60 bits per heavy atom. The molecule has 7 heteroatoms. The van der Waals surface area contributed by atoms with E-state index >= 15 is 0 Å². The van der Waals surface area contributed by atoms with Crippen molar-refractivity contribution in [3.8, 4) is 16.8 Å². The van der Waals surface area contributed by atoms with Crippen LogP contribution in [-0.4, -0.2) is 38.9 Å². The van der Waals surface area contributed by atoms with Crippen LogP contribution in [0, 0.1) is 5.92 Å². The summed E-state index contributed by atoms with van der Waals surface area (Å²) in [5.41, 5.74) is 6.13. The highest BCUT2D eigenvalue weighted by Crippen LogP contribution is 2.31. The van der Waals surface area contributed by atoms with Gasteiger partial charge in [-0.25, -0.2) is 9.78 Å². The Kier molecular flexibility index (Phi) is 7.24. The van der Waals surface area contributed by atoms with Crippen molar-refractivity contribution in [3.63, 3.8) is 0 Å². The number of fused-ring (bicyclic) bond motifs is 3. The molecule has 0 saturated carbocycles. The minimum absolute atomic E-state index is 0.372. The van der Waals surface area contributed by atoms with Gasteiger partial charge in [-0.15, -0.1) is 0 Å². The summed E-state index contributed by atoms with van der Waals surface area (Å²) in [5.74, 6) is -1.40. The van der Waals surface area contributed by atoms with E-state index in [1.54, 1.807) is 20.8 Å². The van der Waals surface area contributed by atoms with Gasteiger partial charge in [0.15, 0.2) is 0 Å². The van der Waals surface area contributed by atoms with Crippen LogP contribution in [0.25, 0.3) is 16.8 Å². The maximum atomic E-state index is 11.9. The second-order valence-corrected chi connectivity index (χ2v) is 10.0. The van der Waals surface area contributed by atoms with E-state index in [1.807, 2.05) is 24.5 Å². The topological polar surface area (TPSA) is 93.5 Å². The number of alkyl carbamates (subject to hydrolysis) is 1. The van der Waals surface area contributed by atoms with Crippen LogP contribution in [0.2, 0.25) is 0 Å². The highest BCUT2D eigenvalue weighted by atomic mass is 16.6. The number of aromatic nitrogens is 2. The van der Waals surface area contributed by atoms with E-state index in [1.165, 1.54) is 16.7 Å². The first-order valence-corrected chi connectivity index (χ1v) is 12.1. The van der Waals surface area contributed by atoms with E-state index in [4.69, 9.17) is 4.74 Å². The number of hydrogen-bond acceptors (Lipinski definition) is 4. The molecule has 35 heavy (non-hydrogen) atoms. The Morgan fingerprint density at radius 1 is 1.11 bits per heavy atom. The molecule has 1 aromatic heterocycles. The molecule has 1 unspecified atom stereocenters. The summed E-state index contributed by atoms with van der Waals surface area (Å²) >= 11 is 0. The molecule has 3 aromatic rings. The molecule has 7 nitrogen and oxygen atoms in total. The summed E-state index contributed by atoms with van der Waals surface area (Å²) in [6.45, 7) is 5.79. The molecule has 184 valence electrons. The lowest BCUT2D eigenvalue weighted by atomic mass is 9.93. The average molecular weight is 476 g/mol. The average Bonchev–Trinajstić information content (AvgIpc) is 3.23. The third-order valence-electron chi connectivity index (χ3n) is 6.22. The lowest BCUT2D eigenvalue weighted by molar-refractivity contribution is -0.142. The van der Waals surface area contributed by atoms with Crippen LogP contribution in [0.4, 0.5) is 4.79 Å². The highest BCUT2D eigenvalue weighted by molar-refractivity contribution is 5.71. The normalized spacial score (nSPS) is 13.5. The number of carbonyl (C=O) groups is 2. The third-order valence-corrected chi connectivity index (χ3v) is 6.22. The van der Waals surface area contributed by atoms with Gasteiger partial charge in [-0.3, -0.25) is 4.79 Å². The van der Waals surface area contributed by atoms with Gasteiger partial charge in [-0.05, 0) is 75.3 Å². The monoisotopic (exact) mass is 475 g/mol. The van der Waals surface area contributed by atoms with Crippen LogP contribution in [-0.2, 0) is 28.8 Å². The molecule has 0 radical (unpaired) electrons. The second kappa shape index (κ2) is 10.3. The first-order chi connectivity index (χ1) is 16.7. The first-order valence-electron chi connectivity index (χ1n) is 12.1. The van der Waals surface area contributed by atoms with Crippen molar-refractivity contribution in [1.82, 2.24) is 14.9 Å². The number of carbonyl (C=O) groups excluding carboxylic acids is 1. The van der Waals surface area contributed by atoms with E-state index in [9.17, 15) is 14.7 Å². The molecule has 1 aliphatic heterocycles. The molecule has 1 amide bonds. The van der Waals surface area contributed by atoms with Crippen LogP contribution >= 0.6 is 0 Å². The molecular formula is C28H33N3O4. The molecule has 0 spiro atoms. The van der Waals surface area contributed by atoms with Crippen LogP contribution in [0.15, 0.2) is 54.9 Å². The van der Waals surface area contributed by atoms with E-state index in [2.05, 4.69) is 45.2 Å². The summed E-state index contributed by atoms with van der Waals surface area (Å²) in [6, 6.07) is 16.8. The van der Waals surface area contributed by atoms with Crippen molar-refractivity contribution in [2.75, 3.05) is 6.54 Å². The van der Waals surface area contributed by atoms with Gasteiger partial charge < -0.3 is 19.7 Å². The quantitative estimate of drug-likeness (QED) is 0.438. The van der Waals surface area contributed by atoms with Gasteiger partial charge in [0.1, 0.15) is 5.60 Å². The molecule has 2 heterocycles. The maximum absolute atomic E-state index is 11.9. The number of imidazole rings is 1. The fourth-order valence-corrected chi connectivity index (χ4v) is 4.54. The molecule has 1 atom stereocenters. The van der Waals surface area contributed by atoms with Crippen LogP contribution in [0.5, 0.6) is 0 Å². The highest BCUT2D eigenvalue weighted by Gasteiger charge is 2.25. The number of aryl methyl sites for hydroxylation is 1. The smallest absolute Gasteiger partial charge is 0.407 e. The number of carboxylic acid groups (broad SMARTS) is 1. The largest absolute Gasteiger partial charge is 0.481 e. The summed E-state index contributed by atoms with van der Waals surface area (Å²) in [6.07, 6.45) is 4.43. The van der Waals surface area contributed by atoms with Crippen molar-refractivity contribution in [1.29, 1.82) is 0 Å². The Labute approximate surface area is 206 Å². The molecule has 2 N–H and O–H groups in total. The summed E-state index contributed by atoms with van der Waals surface area (Å²) < 4.78 is 7.32. The number of aliphatic carboxylic acids is 1. The fourth-order valence-electron chi connectivity index (χ4n) is 4.54. The fraction of sp³-hybridized carbons (Fsp3) is 0.393. The zero-order chi connectivity index (χ0) is 25.0. The van der Waals surface area contributed by atoms with Crippen molar-refractivity contribution < 1.29 is 19.4 Å². The molecule has 1 aliphatic rings. The van der Waals surface area contributed by atoms with Gasteiger partial charge in [0.2, 0.25) is 0 Å². The molecule has 2 aromatic carbocycles. The second-order valence-electron chi connectivity index (χ2n) is 10.0. The number of amides is 1. The Morgan fingerprint density at radius 2 is 1.89 bits per heavy atom. The van der Waals surface area contributed by atoms with E-state index in [0.717, 1.165) is 29.9 Å². The van der Waals surface area contributed by atoms with Crippen LogP contribution in [0.1, 0.15) is 50.6 Å². The number of nitrogens with zero attached hydrogens (tertiary/aromatic N) is 2. The molecule has 4 rings (SSSR count). The third kappa shape index (κ3) is 6.10. The summed E-state index contributed by atoms with van der Waals surface area (Å²) in [4.78, 5) is 28.3. The molecule has 0 aliphatic carbocycles. The zero-order valence-electron chi connectivity index (χ0n) is 20.6. The SMILES string of the molecule is CC(C)(C)OC(=O)NCCCC(Cc1ncn2c1CCc1cc(-c3ccccc3)ccc1-2)C(=O)O. The first kappa shape index (κ1) is 24.5. The van der Waals surface area contributed by atoms with Crippen LogP contribution < -0.4 is 5.32 Å². The minimum Gasteiger partial charge on any atom is -0.481 e. The minimum atomic E-state index is -0.840. The maximum Gasteiger partial charge on any atom is 0.407 e. The van der Waals surface area contributed by atoms with E-state index in [0.29, 0.717) is 25.8 Å². The summed E-state index contributed by atoms with van der Waals surface area (Å²) in [5, 5.41) is 12.5. The lowest BCUT2D eigenvalue weighted by Crippen LogP contribution is -2.33. The Balaban J connectivity index is 1.41. The van der Waals surface area contributed by atoms with Crippen molar-refractivity contribution in [2.45, 2.75) is 58.5 Å². The van der Waals surface area contributed by atoms with Gasteiger partial charge in [0.25, 0.3) is 0 Å². The molecule has 0 fully saturated rings. The number of ether oxygens (including phenoxy) is 1. The Bertz CT molecular complexity index is 1190. The predicted molar refractivity (Wildman–Crippen MR) is 135 cm³/mol. The molecular weight excluding hydrogens is 442 g/mol.